The molecule has 22 heavy (non-hydrogen) atoms. The molecular weight excluding hydrogens is 280 g/mol. The highest BCUT2D eigenvalue weighted by Crippen LogP contribution is 2.12. The van der Waals surface area contributed by atoms with Crippen molar-refractivity contribution in [3.63, 3.8) is 0 Å². The van der Waals surface area contributed by atoms with Crippen molar-refractivity contribution >= 4 is 11.6 Å². The molecule has 0 aliphatic carbocycles. The van der Waals surface area contributed by atoms with E-state index in [1.54, 1.807) is 4.52 Å². The van der Waals surface area contributed by atoms with Crippen LogP contribution < -0.4 is 5.32 Å². The predicted octanol–water partition coefficient (Wildman–Crippen LogP) is 1.21. The van der Waals surface area contributed by atoms with Crippen molar-refractivity contribution in [2.75, 3.05) is 31.5 Å². The van der Waals surface area contributed by atoms with Crippen molar-refractivity contribution in [3.8, 4) is 0 Å². The van der Waals surface area contributed by atoms with Crippen molar-refractivity contribution in [2.45, 2.75) is 39.4 Å². The lowest BCUT2D eigenvalue weighted by Crippen LogP contribution is -2.46. The smallest absolute Gasteiger partial charge is 0.254 e. The third-order valence-corrected chi connectivity index (χ3v) is 3.90. The fraction of sp³-hybridized carbons (Fsp3) is 0.667. The van der Waals surface area contributed by atoms with Gasteiger partial charge in [-0.2, -0.15) is 14.6 Å². The number of ether oxygens (including phenoxy) is 1. The van der Waals surface area contributed by atoms with E-state index in [2.05, 4.69) is 46.1 Å². The first-order valence-corrected chi connectivity index (χ1v) is 7.97. The summed E-state index contributed by atoms with van der Waals surface area (Å²) in [6.07, 6.45) is 3.03. The monoisotopic (exact) mass is 304 g/mol. The molecule has 2 unspecified atom stereocenters. The van der Waals surface area contributed by atoms with E-state index in [0.717, 1.165) is 44.1 Å². The Hall–Kier alpha value is -1.73. The zero-order chi connectivity index (χ0) is 15.5. The maximum atomic E-state index is 5.77. The fourth-order valence-corrected chi connectivity index (χ4v) is 2.98. The van der Waals surface area contributed by atoms with Gasteiger partial charge in [0, 0.05) is 37.9 Å². The largest absolute Gasteiger partial charge is 0.373 e. The molecule has 0 amide bonds. The number of rotatable bonds is 5. The Bertz CT molecular complexity index is 618. The second-order valence-corrected chi connectivity index (χ2v) is 5.90. The highest BCUT2D eigenvalue weighted by atomic mass is 16.5. The Morgan fingerprint density at radius 2 is 2.09 bits per heavy atom. The Morgan fingerprint density at radius 1 is 1.32 bits per heavy atom. The van der Waals surface area contributed by atoms with Gasteiger partial charge in [-0.25, -0.2) is 4.98 Å². The number of nitrogens with zero attached hydrogens (tertiary/aromatic N) is 5. The Kier molecular flexibility index (Phi) is 4.54. The van der Waals surface area contributed by atoms with Crippen molar-refractivity contribution in [2.24, 2.45) is 0 Å². The summed E-state index contributed by atoms with van der Waals surface area (Å²) in [4.78, 5) is 11.1. The minimum Gasteiger partial charge on any atom is -0.373 e. The minimum atomic E-state index is 0.304. The molecule has 0 aromatic carbocycles. The molecule has 7 heteroatoms. The molecule has 0 radical (unpaired) electrons. The van der Waals surface area contributed by atoms with Gasteiger partial charge in [-0.05, 0) is 20.3 Å². The SMILES string of the molecule is CCc1cc(NCCN2CC(C)OC(C)C2)n2ncnc2n1. The third-order valence-electron chi connectivity index (χ3n) is 3.90. The van der Waals surface area contributed by atoms with Crippen LogP contribution >= 0.6 is 0 Å². The van der Waals surface area contributed by atoms with Gasteiger partial charge in [0.05, 0.1) is 12.2 Å². The zero-order valence-electron chi connectivity index (χ0n) is 13.5. The van der Waals surface area contributed by atoms with Gasteiger partial charge in [-0.3, -0.25) is 4.90 Å². The van der Waals surface area contributed by atoms with E-state index in [1.165, 1.54) is 6.33 Å². The summed E-state index contributed by atoms with van der Waals surface area (Å²) in [5.41, 5.74) is 1.02. The number of anilines is 1. The average molecular weight is 304 g/mol. The van der Waals surface area contributed by atoms with Gasteiger partial charge in [0.15, 0.2) is 0 Å². The standard InChI is InChI=1S/C15H24N6O/c1-4-13-7-14(21-15(19-13)17-10-18-21)16-5-6-20-8-11(2)22-12(3)9-20/h7,10-12,16H,4-6,8-9H2,1-3H3. The Balaban J connectivity index is 1.63. The molecule has 1 aliphatic rings. The van der Waals surface area contributed by atoms with Gasteiger partial charge in [0.25, 0.3) is 5.78 Å². The second-order valence-electron chi connectivity index (χ2n) is 5.90. The summed E-state index contributed by atoms with van der Waals surface area (Å²) in [7, 11) is 0. The minimum absolute atomic E-state index is 0.304. The molecule has 2 aromatic heterocycles. The molecule has 1 N–H and O–H groups in total. The fourth-order valence-electron chi connectivity index (χ4n) is 2.98. The number of morpholine rings is 1. The molecular formula is C15H24N6O. The van der Waals surface area contributed by atoms with Crippen LogP contribution in [-0.4, -0.2) is 62.9 Å². The average Bonchev–Trinajstić information content (AvgIpc) is 2.94. The van der Waals surface area contributed by atoms with Gasteiger partial charge in [-0.15, -0.1) is 0 Å². The summed E-state index contributed by atoms with van der Waals surface area (Å²) in [5.74, 6) is 1.60. The van der Waals surface area contributed by atoms with Crippen molar-refractivity contribution in [3.05, 3.63) is 18.1 Å². The Labute approximate surface area is 130 Å². The first-order valence-electron chi connectivity index (χ1n) is 7.97. The molecule has 7 nitrogen and oxygen atoms in total. The number of hydrogen-bond acceptors (Lipinski definition) is 6. The molecule has 3 heterocycles. The molecule has 1 saturated heterocycles. The topological polar surface area (TPSA) is 67.6 Å². The van der Waals surface area contributed by atoms with Crippen LogP contribution in [0.15, 0.2) is 12.4 Å². The van der Waals surface area contributed by atoms with E-state index in [0.29, 0.717) is 18.0 Å². The van der Waals surface area contributed by atoms with E-state index < -0.39 is 0 Å². The van der Waals surface area contributed by atoms with E-state index in [-0.39, 0.29) is 0 Å². The Morgan fingerprint density at radius 3 is 2.82 bits per heavy atom. The molecule has 3 rings (SSSR count). The second kappa shape index (κ2) is 6.58. The predicted molar refractivity (Wildman–Crippen MR) is 85.1 cm³/mol. The lowest BCUT2D eigenvalue weighted by atomic mass is 10.2. The van der Waals surface area contributed by atoms with Crippen LogP contribution in [0.4, 0.5) is 5.82 Å². The van der Waals surface area contributed by atoms with Gasteiger partial charge < -0.3 is 10.1 Å². The van der Waals surface area contributed by atoms with Crippen molar-refractivity contribution in [1.82, 2.24) is 24.5 Å². The van der Waals surface area contributed by atoms with Crippen LogP contribution in [-0.2, 0) is 11.2 Å². The van der Waals surface area contributed by atoms with Crippen molar-refractivity contribution in [1.29, 1.82) is 0 Å². The molecule has 2 atom stereocenters. The summed E-state index contributed by atoms with van der Waals surface area (Å²) < 4.78 is 7.52. The normalized spacial score (nSPS) is 23.0. The third kappa shape index (κ3) is 3.36. The van der Waals surface area contributed by atoms with Gasteiger partial charge in [0.2, 0.25) is 0 Å². The van der Waals surface area contributed by atoms with E-state index in [9.17, 15) is 0 Å². The van der Waals surface area contributed by atoms with E-state index >= 15 is 0 Å². The summed E-state index contributed by atoms with van der Waals surface area (Å²) >= 11 is 0. The van der Waals surface area contributed by atoms with E-state index in [4.69, 9.17) is 4.74 Å². The first-order chi connectivity index (χ1) is 10.7. The van der Waals surface area contributed by atoms with Gasteiger partial charge in [-0.1, -0.05) is 6.92 Å². The van der Waals surface area contributed by atoms with Gasteiger partial charge in [0.1, 0.15) is 12.1 Å². The molecule has 0 bridgehead atoms. The molecule has 1 fully saturated rings. The van der Waals surface area contributed by atoms with Crippen LogP contribution in [0.25, 0.3) is 5.78 Å². The number of hydrogen-bond donors (Lipinski definition) is 1. The highest BCUT2D eigenvalue weighted by molar-refractivity contribution is 5.44. The summed E-state index contributed by atoms with van der Waals surface area (Å²) in [5, 5.41) is 7.69. The molecule has 0 saturated carbocycles. The van der Waals surface area contributed by atoms with E-state index in [1.807, 2.05) is 6.07 Å². The lowest BCUT2D eigenvalue weighted by Gasteiger charge is -2.35. The summed E-state index contributed by atoms with van der Waals surface area (Å²) in [6.45, 7) is 10.2. The molecule has 120 valence electrons. The first kappa shape index (κ1) is 15.2. The maximum absolute atomic E-state index is 5.77. The maximum Gasteiger partial charge on any atom is 0.254 e. The molecule has 0 spiro atoms. The molecule has 2 aromatic rings. The van der Waals surface area contributed by atoms with Crippen LogP contribution in [0.5, 0.6) is 0 Å². The summed E-state index contributed by atoms with van der Waals surface area (Å²) in [6, 6.07) is 2.05. The van der Waals surface area contributed by atoms with Crippen LogP contribution in [0, 0.1) is 0 Å². The highest BCUT2D eigenvalue weighted by Gasteiger charge is 2.21. The van der Waals surface area contributed by atoms with Crippen LogP contribution in [0.2, 0.25) is 0 Å². The van der Waals surface area contributed by atoms with Crippen LogP contribution in [0.3, 0.4) is 0 Å². The zero-order valence-corrected chi connectivity index (χ0v) is 13.5. The number of fused-ring (bicyclic) bond motifs is 1. The lowest BCUT2D eigenvalue weighted by molar-refractivity contribution is -0.0667. The number of aryl methyl sites for hydroxylation is 1. The number of aromatic nitrogens is 4. The van der Waals surface area contributed by atoms with Crippen LogP contribution in [0.1, 0.15) is 26.5 Å². The number of nitrogens with one attached hydrogen (secondary N) is 1. The van der Waals surface area contributed by atoms with Crippen molar-refractivity contribution < 1.29 is 4.74 Å². The molecule has 1 aliphatic heterocycles. The van der Waals surface area contributed by atoms with Gasteiger partial charge >= 0.3 is 0 Å². The quantitative estimate of drug-likeness (QED) is 0.895.